The summed E-state index contributed by atoms with van der Waals surface area (Å²) in [5.74, 6) is 0.654. The quantitative estimate of drug-likeness (QED) is 0.423. The molecule has 1 amide bonds. The molecule has 6 nitrogen and oxygen atoms in total. The van der Waals surface area contributed by atoms with Crippen molar-refractivity contribution in [1.82, 2.24) is 0 Å². The molecule has 0 bridgehead atoms. The number of hydrogen-bond donors (Lipinski definition) is 1. The van der Waals surface area contributed by atoms with Crippen molar-refractivity contribution in [3.8, 4) is 11.5 Å². The third-order valence-electron chi connectivity index (χ3n) is 4.88. The van der Waals surface area contributed by atoms with Gasteiger partial charge in [-0.1, -0.05) is 6.07 Å². The van der Waals surface area contributed by atoms with Crippen molar-refractivity contribution in [3.05, 3.63) is 45.8 Å². The molecule has 1 N–H and O–H groups in total. The fourth-order valence-electron chi connectivity index (χ4n) is 3.57. The number of benzene rings is 1. The van der Waals surface area contributed by atoms with E-state index in [9.17, 15) is 9.59 Å². The lowest BCUT2D eigenvalue weighted by Crippen LogP contribution is -2.14. The zero-order chi connectivity index (χ0) is 22.2. The molecular weight excluding hydrogens is 414 g/mol. The standard InChI is InChI=1S/C24H29NO5S/c1-4-28-18-13-11-16(15-19(18)29-5-2)12-14-21(26)25-23-22(24(27)30-6-3)17-9-7-8-10-20(17)31-23/h11-15H,4-10H2,1-3H3,(H,25,26)/b14-12+. The molecule has 1 aliphatic rings. The van der Waals surface area contributed by atoms with Gasteiger partial charge in [-0.3, -0.25) is 4.79 Å². The van der Waals surface area contributed by atoms with Crippen LogP contribution in [0.4, 0.5) is 5.00 Å². The Balaban J connectivity index is 1.78. The average molecular weight is 444 g/mol. The lowest BCUT2D eigenvalue weighted by atomic mass is 9.95. The molecule has 0 fully saturated rings. The Morgan fingerprint density at radius 2 is 1.77 bits per heavy atom. The molecule has 3 rings (SSSR count). The lowest BCUT2D eigenvalue weighted by Gasteiger charge is -2.12. The Morgan fingerprint density at radius 1 is 1.03 bits per heavy atom. The van der Waals surface area contributed by atoms with Crippen LogP contribution < -0.4 is 14.8 Å². The molecule has 0 saturated heterocycles. The molecule has 166 valence electrons. The number of esters is 1. The molecule has 0 unspecified atom stereocenters. The van der Waals surface area contributed by atoms with Gasteiger partial charge in [0, 0.05) is 11.0 Å². The predicted octanol–water partition coefficient (Wildman–Crippen LogP) is 5.25. The number of rotatable bonds is 9. The third kappa shape index (κ3) is 5.67. The Morgan fingerprint density at radius 3 is 2.52 bits per heavy atom. The smallest absolute Gasteiger partial charge is 0.341 e. The normalized spacial score (nSPS) is 13.0. The highest BCUT2D eigenvalue weighted by molar-refractivity contribution is 7.17. The summed E-state index contributed by atoms with van der Waals surface area (Å²) in [5.41, 5.74) is 2.36. The molecule has 0 spiro atoms. The van der Waals surface area contributed by atoms with Crippen molar-refractivity contribution in [2.24, 2.45) is 0 Å². The van der Waals surface area contributed by atoms with Crippen molar-refractivity contribution >= 4 is 34.3 Å². The summed E-state index contributed by atoms with van der Waals surface area (Å²) in [6.07, 6.45) is 7.10. The Kier molecular flexibility index (Phi) is 8.12. The second-order valence-corrected chi connectivity index (χ2v) is 8.14. The molecular formula is C24H29NO5S. The number of fused-ring (bicyclic) bond motifs is 1. The maximum Gasteiger partial charge on any atom is 0.341 e. The van der Waals surface area contributed by atoms with Crippen LogP contribution >= 0.6 is 11.3 Å². The van der Waals surface area contributed by atoms with Gasteiger partial charge in [-0.25, -0.2) is 4.79 Å². The molecule has 1 heterocycles. The molecule has 1 aromatic carbocycles. The molecule has 0 atom stereocenters. The van der Waals surface area contributed by atoms with E-state index in [4.69, 9.17) is 14.2 Å². The van der Waals surface area contributed by atoms with E-state index in [0.29, 0.717) is 41.9 Å². The van der Waals surface area contributed by atoms with Crippen LogP contribution in [0.2, 0.25) is 0 Å². The van der Waals surface area contributed by atoms with Crippen molar-refractivity contribution in [1.29, 1.82) is 0 Å². The molecule has 0 saturated carbocycles. The second kappa shape index (κ2) is 11.0. The van der Waals surface area contributed by atoms with Crippen LogP contribution in [0.15, 0.2) is 24.3 Å². The van der Waals surface area contributed by atoms with E-state index < -0.39 is 0 Å². The number of hydrogen-bond acceptors (Lipinski definition) is 6. The van der Waals surface area contributed by atoms with Gasteiger partial charge in [0.1, 0.15) is 5.00 Å². The van der Waals surface area contributed by atoms with Gasteiger partial charge in [-0.2, -0.15) is 0 Å². The first kappa shape index (κ1) is 22.9. The summed E-state index contributed by atoms with van der Waals surface area (Å²) in [6.45, 7) is 6.98. The van der Waals surface area contributed by atoms with Crippen LogP contribution in [0.3, 0.4) is 0 Å². The summed E-state index contributed by atoms with van der Waals surface area (Å²) in [5, 5.41) is 3.46. The van der Waals surface area contributed by atoms with E-state index in [1.165, 1.54) is 22.3 Å². The van der Waals surface area contributed by atoms with Crippen molar-refractivity contribution in [3.63, 3.8) is 0 Å². The van der Waals surface area contributed by atoms with E-state index in [1.807, 2.05) is 32.0 Å². The van der Waals surface area contributed by atoms with E-state index >= 15 is 0 Å². The first-order chi connectivity index (χ1) is 15.1. The van der Waals surface area contributed by atoms with Crippen LogP contribution in [0, 0.1) is 0 Å². The largest absolute Gasteiger partial charge is 0.490 e. The maximum absolute atomic E-state index is 12.6. The van der Waals surface area contributed by atoms with E-state index in [0.717, 1.165) is 36.8 Å². The third-order valence-corrected chi connectivity index (χ3v) is 6.09. The van der Waals surface area contributed by atoms with Crippen LogP contribution in [-0.2, 0) is 22.4 Å². The highest BCUT2D eigenvalue weighted by Crippen LogP contribution is 2.38. The van der Waals surface area contributed by atoms with Gasteiger partial charge in [0.15, 0.2) is 11.5 Å². The summed E-state index contributed by atoms with van der Waals surface area (Å²) in [4.78, 5) is 26.3. The minimum atomic E-state index is -0.367. The van der Waals surface area contributed by atoms with E-state index in [1.54, 1.807) is 13.0 Å². The second-order valence-electron chi connectivity index (χ2n) is 7.03. The first-order valence-corrected chi connectivity index (χ1v) is 11.6. The number of thiophene rings is 1. The molecule has 2 aromatic rings. The molecule has 31 heavy (non-hydrogen) atoms. The van der Waals surface area contributed by atoms with E-state index in [-0.39, 0.29) is 11.9 Å². The van der Waals surface area contributed by atoms with Gasteiger partial charge < -0.3 is 19.5 Å². The number of carbonyl (C=O) groups is 2. The Labute approximate surface area is 187 Å². The lowest BCUT2D eigenvalue weighted by molar-refractivity contribution is -0.111. The van der Waals surface area contributed by atoms with Crippen molar-refractivity contribution in [2.45, 2.75) is 46.5 Å². The fourth-order valence-corrected chi connectivity index (χ4v) is 4.85. The minimum Gasteiger partial charge on any atom is -0.490 e. The van der Waals surface area contributed by atoms with Gasteiger partial charge >= 0.3 is 5.97 Å². The molecule has 0 radical (unpaired) electrons. The highest BCUT2D eigenvalue weighted by Gasteiger charge is 2.26. The average Bonchev–Trinajstić information content (AvgIpc) is 3.12. The maximum atomic E-state index is 12.6. The van der Waals surface area contributed by atoms with Crippen LogP contribution in [0.5, 0.6) is 11.5 Å². The zero-order valence-electron chi connectivity index (χ0n) is 18.3. The van der Waals surface area contributed by atoms with Gasteiger partial charge in [0.25, 0.3) is 0 Å². The summed E-state index contributed by atoms with van der Waals surface area (Å²) < 4.78 is 16.5. The zero-order valence-corrected chi connectivity index (χ0v) is 19.1. The number of carbonyl (C=O) groups excluding carboxylic acids is 2. The SMILES string of the molecule is CCOC(=O)c1c(NC(=O)/C=C/c2ccc(OCC)c(OCC)c2)sc2c1CCCC2. The van der Waals surface area contributed by atoms with Gasteiger partial charge in [-0.05, 0) is 75.8 Å². The van der Waals surface area contributed by atoms with E-state index in [2.05, 4.69) is 5.32 Å². The predicted molar refractivity (Wildman–Crippen MR) is 123 cm³/mol. The molecule has 1 aromatic heterocycles. The summed E-state index contributed by atoms with van der Waals surface area (Å²) >= 11 is 1.48. The summed E-state index contributed by atoms with van der Waals surface area (Å²) in [6, 6.07) is 5.54. The molecule has 0 aliphatic heterocycles. The van der Waals surface area contributed by atoms with Crippen molar-refractivity contribution < 1.29 is 23.8 Å². The van der Waals surface area contributed by atoms with Crippen LogP contribution in [0.25, 0.3) is 6.08 Å². The van der Waals surface area contributed by atoms with Gasteiger partial charge in [0.2, 0.25) is 5.91 Å². The monoisotopic (exact) mass is 443 g/mol. The Bertz CT molecular complexity index is 963. The first-order valence-electron chi connectivity index (χ1n) is 10.8. The minimum absolute atomic E-state index is 0.295. The summed E-state index contributed by atoms with van der Waals surface area (Å²) in [7, 11) is 0. The number of ether oxygens (including phenoxy) is 3. The number of aryl methyl sites for hydroxylation is 1. The highest BCUT2D eigenvalue weighted by atomic mass is 32.1. The topological polar surface area (TPSA) is 73.9 Å². The number of anilines is 1. The Hall–Kier alpha value is -2.80. The van der Waals surface area contributed by atoms with Crippen molar-refractivity contribution in [2.75, 3.05) is 25.1 Å². The molecule has 1 aliphatic carbocycles. The van der Waals surface area contributed by atoms with Crippen LogP contribution in [0.1, 0.15) is 60.0 Å². The van der Waals surface area contributed by atoms with Gasteiger partial charge in [-0.15, -0.1) is 11.3 Å². The number of amides is 1. The molecule has 7 heteroatoms. The number of nitrogens with one attached hydrogen (secondary N) is 1. The van der Waals surface area contributed by atoms with Crippen LogP contribution in [-0.4, -0.2) is 31.7 Å². The van der Waals surface area contributed by atoms with Gasteiger partial charge in [0.05, 0.1) is 25.4 Å². The fraction of sp³-hybridized carbons (Fsp3) is 0.417.